The van der Waals surface area contributed by atoms with Crippen molar-refractivity contribution < 1.29 is 9.47 Å². The van der Waals surface area contributed by atoms with E-state index in [1.807, 2.05) is 38.1 Å². The lowest BCUT2D eigenvalue weighted by Crippen LogP contribution is -2.09. The number of hydrogen-bond donors (Lipinski definition) is 2. The monoisotopic (exact) mass is 388 g/mol. The Hall–Kier alpha value is -3.46. The zero-order valence-corrected chi connectivity index (χ0v) is 16.7. The second-order valence-electron chi connectivity index (χ2n) is 7.01. The molecule has 0 radical (unpaired) electrons. The van der Waals surface area contributed by atoms with E-state index in [1.165, 1.54) is 5.56 Å². The molecule has 29 heavy (non-hydrogen) atoms. The van der Waals surface area contributed by atoms with Gasteiger partial charge in [0.15, 0.2) is 0 Å². The highest BCUT2D eigenvalue weighted by molar-refractivity contribution is 5.99. The number of nitrogens with zero attached hydrogens (tertiary/aromatic N) is 2. The molecule has 6 heteroatoms. The molecule has 2 aromatic carbocycles. The van der Waals surface area contributed by atoms with Gasteiger partial charge in [-0.15, -0.1) is 0 Å². The molecule has 3 N–H and O–H groups in total. The molecule has 148 valence electrons. The number of rotatable bonds is 5. The van der Waals surface area contributed by atoms with E-state index in [2.05, 4.69) is 17.5 Å². The van der Waals surface area contributed by atoms with Crippen LogP contribution in [0.1, 0.15) is 37.1 Å². The van der Waals surface area contributed by atoms with Crippen LogP contribution < -0.4 is 20.5 Å². The molecular formula is C23H24N4O2. The summed E-state index contributed by atoms with van der Waals surface area (Å²) in [6.45, 7) is 5.19. The van der Waals surface area contributed by atoms with Crippen LogP contribution in [0.25, 0.3) is 10.9 Å². The fourth-order valence-electron chi connectivity index (χ4n) is 3.73. The van der Waals surface area contributed by atoms with Gasteiger partial charge in [0.2, 0.25) is 0 Å². The number of nitrogen functional groups attached to an aromatic ring is 1. The maximum absolute atomic E-state index is 9.86. The Morgan fingerprint density at radius 2 is 2.14 bits per heavy atom. The first-order valence-corrected chi connectivity index (χ1v) is 9.96. The summed E-state index contributed by atoms with van der Waals surface area (Å²) in [5.41, 5.74) is 11.6. The van der Waals surface area contributed by atoms with E-state index >= 15 is 0 Å². The number of pyridine rings is 1. The lowest BCUT2D eigenvalue weighted by atomic mass is 10.0. The van der Waals surface area contributed by atoms with E-state index < -0.39 is 0 Å². The number of nitriles is 1. The third-order valence-corrected chi connectivity index (χ3v) is 5.12. The van der Waals surface area contributed by atoms with Crippen molar-refractivity contribution in [3.63, 3.8) is 0 Å². The number of aryl methyl sites for hydroxylation is 2. The number of benzene rings is 2. The van der Waals surface area contributed by atoms with Crippen LogP contribution in [-0.4, -0.2) is 18.2 Å². The van der Waals surface area contributed by atoms with Gasteiger partial charge in [-0.2, -0.15) is 5.26 Å². The molecule has 0 atom stereocenters. The molecule has 0 saturated carbocycles. The number of aromatic nitrogens is 1. The highest BCUT2D eigenvalue weighted by Gasteiger charge is 2.18. The third-order valence-electron chi connectivity index (χ3n) is 5.12. The zero-order chi connectivity index (χ0) is 20.4. The molecular weight excluding hydrogens is 364 g/mol. The van der Waals surface area contributed by atoms with Crippen LogP contribution in [0.3, 0.4) is 0 Å². The Morgan fingerprint density at radius 1 is 1.28 bits per heavy atom. The maximum Gasteiger partial charge on any atom is 0.144 e. The van der Waals surface area contributed by atoms with Crippen molar-refractivity contribution in [2.24, 2.45) is 0 Å². The predicted octanol–water partition coefficient (Wildman–Crippen LogP) is 4.72. The van der Waals surface area contributed by atoms with Crippen molar-refractivity contribution in [3.05, 3.63) is 47.2 Å². The summed E-state index contributed by atoms with van der Waals surface area (Å²) in [5.74, 6) is 1.54. The van der Waals surface area contributed by atoms with Gasteiger partial charge in [-0.05, 0) is 56.0 Å². The molecule has 0 saturated heterocycles. The van der Waals surface area contributed by atoms with Gasteiger partial charge >= 0.3 is 0 Å². The Labute approximate surface area is 170 Å². The van der Waals surface area contributed by atoms with E-state index in [0.29, 0.717) is 30.0 Å². The van der Waals surface area contributed by atoms with E-state index in [0.717, 1.165) is 53.2 Å². The van der Waals surface area contributed by atoms with Crippen molar-refractivity contribution >= 4 is 28.0 Å². The van der Waals surface area contributed by atoms with Crippen molar-refractivity contribution in [1.82, 2.24) is 4.98 Å². The normalized spacial score (nSPS) is 12.7. The van der Waals surface area contributed by atoms with E-state index in [9.17, 15) is 5.26 Å². The molecule has 0 unspecified atom stereocenters. The second-order valence-corrected chi connectivity index (χ2v) is 7.01. The highest BCUT2D eigenvalue weighted by Crippen LogP contribution is 2.37. The van der Waals surface area contributed by atoms with Crippen molar-refractivity contribution in [2.45, 2.75) is 33.1 Å². The largest absolute Gasteiger partial charge is 0.493 e. The molecule has 4 rings (SSSR count). The second kappa shape index (κ2) is 7.88. The standard InChI is InChI=1S/C23H24N4O2/c1-3-19-17(13-24)23(16-11-18(25)22(28-4-2)12-20(16)27-19)26-15-7-8-21-14(10-15)6-5-9-29-21/h7-8,10-12H,3-6,9,25H2,1-2H3,(H,26,27). The first kappa shape index (κ1) is 18.9. The Morgan fingerprint density at radius 3 is 2.90 bits per heavy atom. The quantitative estimate of drug-likeness (QED) is 0.615. The van der Waals surface area contributed by atoms with Gasteiger partial charge < -0.3 is 20.5 Å². The molecule has 0 spiro atoms. The maximum atomic E-state index is 9.86. The van der Waals surface area contributed by atoms with Crippen molar-refractivity contribution in [3.8, 4) is 17.6 Å². The van der Waals surface area contributed by atoms with E-state index in [4.69, 9.17) is 20.2 Å². The van der Waals surface area contributed by atoms with Crippen LogP contribution in [0.15, 0.2) is 30.3 Å². The summed E-state index contributed by atoms with van der Waals surface area (Å²) < 4.78 is 11.3. The minimum Gasteiger partial charge on any atom is -0.493 e. The van der Waals surface area contributed by atoms with Crippen LogP contribution in [0.4, 0.5) is 17.1 Å². The number of anilines is 3. The minimum atomic E-state index is 0.523. The fraction of sp³-hybridized carbons (Fsp3) is 0.304. The molecule has 0 bridgehead atoms. The summed E-state index contributed by atoms with van der Waals surface area (Å²) in [4.78, 5) is 4.70. The van der Waals surface area contributed by atoms with Gasteiger partial charge in [0, 0.05) is 17.1 Å². The summed E-state index contributed by atoms with van der Waals surface area (Å²) in [7, 11) is 0. The summed E-state index contributed by atoms with van der Waals surface area (Å²) >= 11 is 0. The summed E-state index contributed by atoms with van der Waals surface area (Å²) in [5, 5.41) is 14.1. The molecule has 0 fully saturated rings. The molecule has 3 aromatic rings. The van der Waals surface area contributed by atoms with Crippen LogP contribution in [0.5, 0.6) is 11.5 Å². The lowest BCUT2D eigenvalue weighted by molar-refractivity contribution is 0.288. The molecule has 6 nitrogen and oxygen atoms in total. The Kier molecular flexibility index (Phi) is 5.13. The van der Waals surface area contributed by atoms with Crippen LogP contribution >= 0.6 is 0 Å². The molecule has 0 amide bonds. The van der Waals surface area contributed by atoms with Gasteiger partial charge in [-0.1, -0.05) is 6.92 Å². The lowest BCUT2D eigenvalue weighted by Gasteiger charge is -2.20. The average molecular weight is 388 g/mol. The van der Waals surface area contributed by atoms with Crippen LogP contribution in [0.2, 0.25) is 0 Å². The molecule has 2 heterocycles. The summed E-state index contributed by atoms with van der Waals surface area (Å²) in [6.07, 6.45) is 2.65. The Bertz CT molecular complexity index is 1120. The first-order valence-electron chi connectivity index (χ1n) is 9.96. The summed E-state index contributed by atoms with van der Waals surface area (Å²) in [6, 6.07) is 12.0. The number of nitrogens with one attached hydrogen (secondary N) is 1. The number of hydrogen-bond acceptors (Lipinski definition) is 6. The van der Waals surface area contributed by atoms with E-state index in [1.54, 1.807) is 0 Å². The number of ether oxygens (including phenoxy) is 2. The van der Waals surface area contributed by atoms with Gasteiger partial charge in [-0.3, -0.25) is 4.98 Å². The molecule has 1 aliphatic heterocycles. The minimum absolute atomic E-state index is 0.523. The first-order chi connectivity index (χ1) is 14.1. The fourth-order valence-corrected chi connectivity index (χ4v) is 3.73. The van der Waals surface area contributed by atoms with Gasteiger partial charge in [0.05, 0.1) is 41.4 Å². The van der Waals surface area contributed by atoms with E-state index in [-0.39, 0.29) is 0 Å². The SMILES string of the molecule is CCOc1cc2nc(CC)c(C#N)c(Nc3ccc4c(c3)CCCO4)c2cc1N. The molecule has 1 aliphatic rings. The Balaban J connectivity index is 1.87. The van der Waals surface area contributed by atoms with Gasteiger partial charge in [-0.25, -0.2) is 0 Å². The predicted molar refractivity (Wildman–Crippen MR) is 115 cm³/mol. The van der Waals surface area contributed by atoms with Crippen LogP contribution in [0, 0.1) is 11.3 Å². The third kappa shape index (κ3) is 3.52. The molecule has 1 aromatic heterocycles. The zero-order valence-electron chi connectivity index (χ0n) is 16.7. The highest BCUT2D eigenvalue weighted by atomic mass is 16.5. The van der Waals surface area contributed by atoms with Crippen molar-refractivity contribution in [2.75, 3.05) is 24.3 Å². The van der Waals surface area contributed by atoms with Crippen LogP contribution in [-0.2, 0) is 12.8 Å². The van der Waals surface area contributed by atoms with Crippen molar-refractivity contribution in [1.29, 1.82) is 5.26 Å². The van der Waals surface area contributed by atoms with Gasteiger partial charge in [0.25, 0.3) is 0 Å². The smallest absolute Gasteiger partial charge is 0.144 e. The molecule has 0 aliphatic carbocycles. The topological polar surface area (TPSA) is 93.2 Å². The number of fused-ring (bicyclic) bond motifs is 2. The average Bonchev–Trinajstić information content (AvgIpc) is 2.74. The van der Waals surface area contributed by atoms with Gasteiger partial charge in [0.1, 0.15) is 17.6 Å². The number of nitrogens with two attached hydrogens (primary N) is 1.